The molecule has 2 atom stereocenters. The number of halogens is 1. The molecular formula is C13H17ClN2O4. The number of hydrogen-bond acceptors (Lipinski definition) is 4. The number of benzene rings is 1. The zero-order chi connectivity index (χ0) is 15.3. The minimum Gasteiger partial charge on any atom is -0.391 e. The number of nitrogens with zero attached hydrogens (tertiary/aromatic N) is 1. The largest absolute Gasteiger partial charge is 0.391 e. The second-order valence-corrected chi connectivity index (χ2v) is 4.99. The highest BCUT2D eigenvalue weighted by molar-refractivity contribution is 6.33. The number of nitrogens with one attached hydrogen (secondary N) is 1. The zero-order valence-corrected chi connectivity index (χ0v) is 12.1. The van der Waals surface area contributed by atoms with Crippen LogP contribution in [-0.2, 0) is 0 Å². The molecule has 7 heteroatoms. The van der Waals surface area contributed by atoms with E-state index >= 15 is 0 Å². The van der Waals surface area contributed by atoms with Gasteiger partial charge in [0.05, 0.1) is 11.0 Å². The highest BCUT2D eigenvalue weighted by Crippen LogP contribution is 2.24. The third-order valence-electron chi connectivity index (χ3n) is 3.18. The van der Waals surface area contributed by atoms with Crippen molar-refractivity contribution in [3.63, 3.8) is 0 Å². The number of aliphatic hydroxyl groups is 1. The summed E-state index contributed by atoms with van der Waals surface area (Å²) in [5, 5.41) is 22.8. The van der Waals surface area contributed by atoms with Crippen LogP contribution in [0.25, 0.3) is 0 Å². The lowest BCUT2D eigenvalue weighted by Gasteiger charge is -2.17. The van der Waals surface area contributed by atoms with Gasteiger partial charge in [0.1, 0.15) is 5.02 Å². The van der Waals surface area contributed by atoms with Crippen LogP contribution < -0.4 is 5.32 Å². The topological polar surface area (TPSA) is 92.5 Å². The van der Waals surface area contributed by atoms with Gasteiger partial charge in [0.25, 0.3) is 11.6 Å². The highest BCUT2D eigenvalue weighted by Gasteiger charge is 2.17. The van der Waals surface area contributed by atoms with Gasteiger partial charge >= 0.3 is 0 Å². The molecule has 0 aliphatic heterocycles. The van der Waals surface area contributed by atoms with E-state index in [4.69, 9.17) is 11.6 Å². The summed E-state index contributed by atoms with van der Waals surface area (Å²) in [5.74, 6) is -0.347. The number of rotatable bonds is 6. The van der Waals surface area contributed by atoms with Crippen molar-refractivity contribution >= 4 is 23.2 Å². The molecule has 1 aromatic carbocycles. The maximum Gasteiger partial charge on any atom is 0.287 e. The van der Waals surface area contributed by atoms with Crippen LogP contribution in [0.1, 0.15) is 30.6 Å². The van der Waals surface area contributed by atoms with Crippen molar-refractivity contribution in [1.29, 1.82) is 0 Å². The van der Waals surface area contributed by atoms with E-state index in [0.29, 0.717) is 0 Å². The molecule has 0 spiro atoms. The van der Waals surface area contributed by atoms with E-state index in [9.17, 15) is 20.0 Å². The maximum atomic E-state index is 11.8. The predicted octanol–water partition coefficient (Wildman–Crippen LogP) is 2.39. The van der Waals surface area contributed by atoms with Crippen molar-refractivity contribution in [3.8, 4) is 0 Å². The number of carbonyl (C=O) groups excluding carboxylic acids is 1. The Morgan fingerprint density at radius 2 is 2.20 bits per heavy atom. The third-order valence-corrected chi connectivity index (χ3v) is 3.48. The normalized spacial score (nSPS) is 13.6. The minimum absolute atomic E-state index is 0.0794. The molecule has 0 aliphatic rings. The summed E-state index contributed by atoms with van der Waals surface area (Å²) in [6.45, 7) is 3.97. The van der Waals surface area contributed by atoms with Crippen LogP contribution in [0.15, 0.2) is 18.2 Å². The second kappa shape index (κ2) is 7.21. The summed E-state index contributed by atoms with van der Waals surface area (Å²) in [4.78, 5) is 21.8. The first-order valence-electron chi connectivity index (χ1n) is 6.27. The van der Waals surface area contributed by atoms with Gasteiger partial charge in [-0.25, -0.2) is 0 Å². The molecule has 1 rings (SSSR count). The van der Waals surface area contributed by atoms with Crippen LogP contribution in [-0.4, -0.2) is 28.6 Å². The molecule has 0 fully saturated rings. The van der Waals surface area contributed by atoms with Crippen LogP contribution in [0.4, 0.5) is 5.69 Å². The van der Waals surface area contributed by atoms with Crippen LogP contribution in [0.5, 0.6) is 0 Å². The smallest absolute Gasteiger partial charge is 0.287 e. The first kappa shape index (κ1) is 16.4. The Morgan fingerprint density at radius 3 is 2.70 bits per heavy atom. The van der Waals surface area contributed by atoms with E-state index in [-0.39, 0.29) is 28.7 Å². The maximum absolute atomic E-state index is 11.8. The van der Waals surface area contributed by atoms with Crippen LogP contribution in [0, 0.1) is 16.0 Å². The molecule has 0 saturated heterocycles. The molecule has 0 bridgehead atoms. The standard InChI is InChI=1S/C13H17ClN2O4/c1-3-8(2)12(17)7-15-13(18)9-4-5-11(16(19)20)10(14)6-9/h4-6,8,12,17H,3,7H2,1-2H3,(H,15,18)/t8-,12+/m1/s1. The van der Waals surface area contributed by atoms with E-state index in [1.54, 1.807) is 0 Å². The molecule has 1 aromatic rings. The van der Waals surface area contributed by atoms with Crippen LogP contribution in [0.2, 0.25) is 5.02 Å². The van der Waals surface area contributed by atoms with Gasteiger partial charge in [-0.15, -0.1) is 0 Å². The van der Waals surface area contributed by atoms with Crippen molar-refractivity contribution in [3.05, 3.63) is 38.9 Å². The SMILES string of the molecule is CC[C@@H](C)[C@@H](O)CNC(=O)c1ccc([N+](=O)[O-])c(Cl)c1. The van der Waals surface area contributed by atoms with Crippen molar-refractivity contribution in [2.45, 2.75) is 26.4 Å². The number of amides is 1. The average molecular weight is 301 g/mol. The van der Waals surface area contributed by atoms with E-state index in [2.05, 4.69) is 5.32 Å². The molecule has 0 saturated carbocycles. The van der Waals surface area contributed by atoms with Crippen LogP contribution in [0.3, 0.4) is 0 Å². The van der Waals surface area contributed by atoms with Crippen molar-refractivity contribution in [2.24, 2.45) is 5.92 Å². The highest BCUT2D eigenvalue weighted by atomic mass is 35.5. The molecule has 20 heavy (non-hydrogen) atoms. The summed E-state index contributed by atoms with van der Waals surface area (Å²) in [7, 11) is 0. The van der Waals surface area contributed by atoms with Crippen molar-refractivity contribution < 1.29 is 14.8 Å². The monoisotopic (exact) mass is 300 g/mol. The Balaban J connectivity index is 2.69. The molecule has 0 heterocycles. The molecular weight excluding hydrogens is 284 g/mol. The van der Waals surface area contributed by atoms with E-state index < -0.39 is 16.9 Å². The molecule has 0 aliphatic carbocycles. The molecule has 0 unspecified atom stereocenters. The summed E-state index contributed by atoms with van der Waals surface area (Å²) in [6, 6.07) is 3.75. The first-order chi connectivity index (χ1) is 9.36. The molecule has 110 valence electrons. The van der Waals surface area contributed by atoms with E-state index in [1.807, 2.05) is 13.8 Å². The van der Waals surface area contributed by atoms with Gasteiger partial charge in [0.15, 0.2) is 0 Å². The van der Waals surface area contributed by atoms with Gasteiger partial charge in [-0.3, -0.25) is 14.9 Å². The molecule has 0 aromatic heterocycles. The zero-order valence-electron chi connectivity index (χ0n) is 11.3. The minimum atomic E-state index is -0.627. The summed E-state index contributed by atoms with van der Waals surface area (Å²) in [6.07, 6.45) is 0.179. The lowest BCUT2D eigenvalue weighted by Crippen LogP contribution is -2.35. The fourth-order valence-corrected chi connectivity index (χ4v) is 1.82. The molecule has 0 radical (unpaired) electrons. The third kappa shape index (κ3) is 4.18. The van der Waals surface area contributed by atoms with Gasteiger partial charge in [-0.1, -0.05) is 31.9 Å². The fourth-order valence-electron chi connectivity index (χ4n) is 1.57. The molecule has 1 amide bonds. The quantitative estimate of drug-likeness (QED) is 0.623. The van der Waals surface area contributed by atoms with E-state index in [0.717, 1.165) is 6.42 Å². The Bertz CT molecular complexity index is 507. The Labute approximate surface area is 121 Å². The lowest BCUT2D eigenvalue weighted by molar-refractivity contribution is -0.384. The van der Waals surface area contributed by atoms with Crippen LogP contribution >= 0.6 is 11.6 Å². The van der Waals surface area contributed by atoms with Gasteiger partial charge in [-0.2, -0.15) is 0 Å². The predicted molar refractivity (Wildman–Crippen MR) is 75.9 cm³/mol. The number of nitro benzene ring substituents is 1. The van der Waals surface area contributed by atoms with Gasteiger partial charge < -0.3 is 10.4 Å². The van der Waals surface area contributed by atoms with Gasteiger partial charge in [0.2, 0.25) is 0 Å². The van der Waals surface area contributed by atoms with E-state index in [1.165, 1.54) is 18.2 Å². The summed E-state index contributed by atoms with van der Waals surface area (Å²) >= 11 is 5.73. The number of hydrogen-bond donors (Lipinski definition) is 2. The van der Waals surface area contributed by atoms with Crippen molar-refractivity contribution in [2.75, 3.05) is 6.54 Å². The second-order valence-electron chi connectivity index (χ2n) is 4.59. The summed E-state index contributed by atoms with van der Waals surface area (Å²) < 4.78 is 0. The Morgan fingerprint density at radius 1 is 1.55 bits per heavy atom. The van der Waals surface area contributed by atoms with Crippen molar-refractivity contribution in [1.82, 2.24) is 5.32 Å². The Kier molecular flexibility index (Phi) is 5.91. The first-order valence-corrected chi connectivity index (χ1v) is 6.64. The number of carbonyl (C=O) groups is 1. The number of nitro groups is 1. The Hall–Kier alpha value is -1.66. The molecule has 6 nitrogen and oxygen atoms in total. The molecule has 2 N–H and O–H groups in total. The lowest BCUT2D eigenvalue weighted by atomic mass is 10.0. The fraction of sp³-hybridized carbons (Fsp3) is 0.462. The number of aliphatic hydroxyl groups excluding tert-OH is 1. The average Bonchev–Trinajstić information content (AvgIpc) is 2.42. The van der Waals surface area contributed by atoms with Gasteiger partial charge in [0, 0.05) is 18.2 Å². The van der Waals surface area contributed by atoms with Gasteiger partial charge in [-0.05, 0) is 18.1 Å². The summed E-state index contributed by atoms with van der Waals surface area (Å²) in [5.41, 5.74) is -0.0280.